The molecular weight excluding hydrogens is 260 g/mol. The molecule has 1 saturated heterocycles. The van der Waals surface area contributed by atoms with Crippen molar-refractivity contribution in [3.63, 3.8) is 0 Å². The first-order valence-corrected chi connectivity index (χ1v) is 6.41. The molecule has 0 spiro atoms. The van der Waals surface area contributed by atoms with Gasteiger partial charge in [-0.1, -0.05) is 30.3 Å². The molecule has 1 aromatic rings. The van der Waals surface area contributed by atoms with Gasteiger partial charge in [0.15, 0.2) is 0 Å². The van der Waals surface area contributed by atoms with E-state index >= 15 is 0 Å². The number of benzene rings is 1. The van der Waals surface area contributed by atoms with Crippen molar-refractivity contribution in [1.82, 2.24) is 4.90 Å². The average molecular weight is 278 g/mol. The summed E-state index contributed by atoms with van der Waals surface area (Å²) in [5, 5.41) is 0. The lowest BCUT2D eigenvalue weighted by atomic mass is 10.1. The largest absolute Gasteiger partial charge is 0.469 e. The fourth-order valence-electron chi connectivity index (χ4n) is 2.19. The monoisotopic (exact) mass is 278 g/mol. The highest BCUT2D eigenvalue weighted by atomic mass is 16.6. The Morgan fingerprint density at radius 2 is 2.00 bits per heavy atom. The zero-order chi connectivity index (χ0) is 14.5. The molecule has 1 aromatic carbocycles. The van der Waals surface area contributed by atoms with E-state index in [0.717, 1.165) is 5.56 Å². The minimum Gasteiger partial charge on any atom is -0.469 e. The Morgan fingerprint density at radius 1 is 1.30 bits per heavy atom. The number of hydrogen-bond donors (Lipinski definition) is 1. The zero-order valence-electron chi connectivity index (χ0n) is 11.3. The van der Waals surface area contributed by atoms with Crippen molar-refractivity contribution in [1.29, 1.82) is 0 Å². The van der Waals surface area contributed by atoms with Crippen LogP contribution in [0.15, 0.2) is 30.3 Å². The third-order valence-electron chi connectivity index (χ3n) is 3.33. The molecule has 1 aliphatic rings. The molecule has 108 valence electrons. The fraction of sp³-hybridized carbons (Fsp3) is 0.429. The highest BCUT2D eigenvalue weighted by Crippen LogP contribution is 2.18. The molecule has 2 N–H and O–H groups in total. The van der Waals surface area contributed by atoms with E-state index in [0.29, 0.717) is 6.54 Å². The summed E-state index contributed by atoms with van der Waals surface area (Å²) in [5.41, 5.74) is 6.75. The summed E-state index contributed by atoms with van der Waals surface area (Å²) < 4.78 is 9.87. The van der Waals surface area contributed by atoms with Crippen molar-refractivity contribution in [2.24, 2.45) is 11.7 Å². The summed E-state index contributed by atoms with van der Waals surface area (Å²) in [4.78, 5) is 24.8. The molecule has 0 bridgehead atoms. The molecule has 0 aromatic heterocycles. The van der Waals surface area contributed by atoms with E-state index < -0.39 is 24.0 Å². The first kappa shape index (κ1) is 14.3. The third kappa shape index (κ3) is 3.27. The molecule has 1 amide bonds. The van der Waals surface area contributed by atoms with Gasteiger partial charge in [0, 0.05) is 19.1 Å². The van der Waals surface area contributed by atoms with E-state index in [-0.39, 0.29) is 13.2 Å². The van der Waals surface area contributed by atoms with Crippen molar-refractivity contribution in [2.45, 2.75) is 12.6 Å². The van der Waals surface area contributed by atoms with Crippen LogP contribution in [-0.4, -0.2) is 43.2 Å². The molecule has 1 heterocycles. The number of ether oxygens (including phenoxy) is 2. The standard InChI is InChI=1S/C14H18N2O4/c1-19-13(17)11-7-16(8-12(11)15)14(18)20-9-10-5-3-2-4-6-10/h2-6,11-12H,7-9,15H2,1H3/t11-,12-/m1/s1. The van der Waals surface area contributed by atoms with Crippen LogP contribution in [0, 0.1) is 5.92 Å². The van der Waals surface area contributed by atoms with Gasteiger partial charge in [0.05, 0.1) is 13.0 Å². The van der Waals surface area contributed by atoms with Crippen LogP contribution in [0.3, 0.4) is 0 Å². The van der Waals surface area contributed by atoms with Crippen molar-refractivity contribution in [3.05, 3.63) is 35.9 Å². The first-order valence-electron chi connectivity index (χ1n) is 6.41. The Kier molecular flexibility index (Phi) is 4.57. The molecule has 1 fully saturated rings. The number of nitrogens with two attached hydrogens (primary N) is 1. The number of hydrogen-bond acceptors (Lipinski definition) is 5. The van der Waals surface area contributed by atoms with E-state index in [1.807, 2.05) is 30.3 Å². The van der Waals surface area contributed by atoms with Gasteiger partial charge in [0.2, 0.25) is 0 Å². The third-order valence-corrected chi connectivity index (χ3v) is 3.33. The molecule has 0 aliphatic carbocycles. The Hall–Kier alpha value is -2.08. The molecule has 1 aliphatic heterocycles. The van der Waals surface area contributed by atoms with Crippen molar-refractivity contribution >= 4 is 12.1 Å². The molecule has 0 saturated carbocycles. The summed E-state index contributed by atoms with van der Waals surface area (Å²) >= 11 is 0. The Labute approximate surface area is 117 Å². The number of carbonyl (C=O) groups is 2. The number of esters is 1. The van der Waals surface area contributed by atoms with E-state index in [4.69, 9.17) is 10.5 Å². The number of carbonyl (C=O) groups excluding carboxylic acids is 2. The molecule has 6 nitrogen and oxygen atoms in total. The van der Waals surface area contributed by atoms with Gasteiger partial charge in [-0.15, -0.1) is 0 Å². The fourth-order valence-corrected chi connectivity index (χ4v) is 2.19. The van der Waals surface area contributed by atoms with Crippen LogP contribution in [-0.2, 0) is 20.9 Å². The topological polar surface area (TPSA) is 81.9 Å². The van der Waals surface area contributed by atoms with Gasteiger partial charge < -0.3 is 20.1 Å². The summed E-state index contributed by atoms with van der Waals surface area (Å²) in [7, 11) is 1.31. The van der Waals surface area contributed by atoms with Crippen LogP contribution >= 0.6 is 0 Å². The van der Waals surface area contributed by atoms with E-state index in [1.54, 1.807) is 0 Å². The van der Waals surface area contributed by atoms with Gasteiger partial charge >= 0.3 is 12.1 Å². The van der Waals surface area contributed by atoms with Crippen molar-refractivity contribution < 1.29 is 19.1 Å². The second-order valence-electron chi connectivity index (χ2n) is 4.74. The predicted octanol–water partition coefficient (Wildman–Crippen LogP) is 0.755. The zero-order valence-corrected chi connectivity index (χ0v) is 11.3. The minimum atomic E-state index is -0.482. The molecule has 0 radical (unpaired) electrons. The lowest BCUT2D eigenvalue weighted by molar-refractivity contribution is -0.145. The van der Waals surface area contributed by atoms with E-state index in [1.165, 1.54) is 12.0 Å². The maximum atomic E-state index is 11.9. The minimum absolute atomic E-state index is 0.203. The van der Waals surface area contributed by atoms with Gasteiger partial charge in [-0.3, -0.25) is 4.79 Å². The van der Waals surface area contributed by atoms with Crippen molar-refractivity contribution in [2.75, 3.05) is 20.2 Å². The van der Waals surface area contributed by atoms with Crippen molar-refractivity contribution in [3.8, 4) is 0 Å². The highest BCUT2D eigenvalue weighted by Gasteiger charge is 2.38. The van der Waals surface area contributed by atoms with Gasteiger partial charge in [-0.2, -0.15) is 0 Å². The van der Waals surface area contributed by atoms with Gasteiger partial charge in [-0.25, -0.2) is 4.79 Å². The number of likely N-dealkylation sites (tertiary alicyclic amines) is 1. The summed E-state index contributed by atoms with van der Waals surface area (Å²) in [6, 6.07) is 8.99. The molecule has 6 heteroatoms. The SMILES string of the molecule is COC(=O)[C@@H]1CN(C(=O)OCc2ccccc2)C[C@H]1N. The summed E-state index contributed by atoms with van der Waals surface area (Å²) in [5.74, 6) is -0.875. The van der Waals surface area contributed by atoms with Crippen LogP contribution in [0.1, 0.15) is 5.56 Å². The van der Waals surface area contributed by atoms with Crippen LogP contribution in [0.4, 0.5) is 4.79 Å². The predicted molar refractivity (Wildman–Crippen MR) is 71.7 cm³/mol. The Balaban J connectivity index is 1.86. The lowest BCUT2D eigenvalue weighted by Crippen LogP contribution is -2.35. The smallest absolute Gasteiger partial charge is 0.410 e. The summed E-state index contributed by atoms with van der Waals surface area (Å²) in [6.07, 6.45) is -0.462. The molecule has 2 atom stereocenters. The van der Waals surface area contributed by atoms with E-state index in [9.17, 15) is 9.59 Å². The van der Waals surface area contributed by atoms with E-state index in [2.05, 4.69) is 4.74 Å². The normalized spacial score (nSPS) is 21.6. The lowest BCUT2D eigenvalue weighted by Gasteiger charge is -2.15. The maximum Gasteiger partial charge on any atom is 0.410 e. The van der Waals surface area contributed by atoms with Crippen LogP contribution < -0.4 is 5.73 Å². The quantitative estimate of drug-likeness (QED) is 0.825. The molecule has 2 rings (SSSR count). The van der Waals surface area contributed by atoms with Crippen LogP contribution in [0.25, 0.3) is 0 Å². The second-order valence-corrected chi connectivity index (χ2v) is 4.74. The Morgan fingerprint density at radius 3 is 2.65 bits per heavy atom. The van der Waals surface area contributed by atoms with Gasteiger partial charge in [0.1, 0.15) is 6.61 Å². The summed E-state index contributed by atoms with van der Waals surface area (Å²) in [6.45, 7) is 0.739. The van der Waals surface area contributed by atoms with Gasteiger partial charge in [0.25, 0.3) is 0 Å². The Bertz CT molecular complexity index is 477. The van der Waals surface area contributed by atoms with Gasteiger partial charge in [-0.05, 0) is 5.56 Å². The second kappa shape index (κ2) is 6.38. The number of rotatable bonds is 3. The number of amides is 1. The van der Waals surface area contributed by atoms with Crippen LogP contribution in [0.5, 0.6) is 0 Å². The molecule has 20 heavy (non-hydrogen) atoms. The first-order chi connectivity index (χ1) is 9.61. The molecular formula is C14H18N2O4. The number of nitrogens with zero attached hydrogens (tertiary/aromatic N) is 1. The van der Waals surface area contributed by atoms with Crippen LogP contribution in [0.2, 0.25) is 0 Å². The number of methoxy groups -OCH3 is 1. The highest BCUT2D eigenvalue weighted by molar-refractivity contribution is 5.76. The average Bonchev–Trinajstić information content (AvgIpc) is 2.87. The maximum absolute atomic E-state index is 11.9. The molecule has 0 unspecified atom stereocenters.